The Balaban J connectivity index is 1.68. The lowest BCUT2D eigenvalue weighted by Crippen LogP contribution is -2.47. The van der Waals surface area contributed by atoms with E-state index in [2.05, 4.69) is 21.6 Å². The van der Waals surface area contributed by atoms with E-state index in [9.17, 15) is 9.59 Å². The molecule has 2 amide bonds. The Morgan fingerprint density at radius 2 is 1.67 bits per heavy atom. The average molecular weight is 410 g/mol. The minimum absolute atomic E-state index is 0.0488. The summed E-state index contributed by atoms with van der Waals surface area (Å²) in [5, 5.41) is 5.87. The molecule has 1 aliphatic rings. The Hall–Kier alpha value is -2.86. The number of hydrogen-bond acceptors (Lipinski definition) is 4. The first-order chi connectivity index (χ1) is 14.3. The predicted octanol–water partition coefficient (Wildman–Crippen LogP) is 3.53. The van der Waals surface area contributed by atoms with Crippen molar-refractivity contribution >= 4 is 23.2 Å². The van der Waals surface area contributed by atoms with Gasteiger partial charge in [-0.15, -0.1) is 0 Å². The summed E-state index contributed by atoms with van der Waals surface area (Å²) in [6, 6.07) is 12.7. The van der Waals surface area contributed by atoms with E-state index < -0.39 is 6.04 Å². The van der Waals surface area contributed by atoms with Gasteiger partial charge in [-0.2, -0.15) is 0 Å². The minimum atomic E-state index is -0.628. The average Bonchev–Trinajstić information content (AvgIpc) is 2.74. The summed E-state index contributed by atoms with van der Waals surface area (Å²) in [5.41, 5.74) is 4.50. The van der Waals surface area contributed by atoms with Gasteiger partial charge >= 0.3 is 0 Å². The van der Waals surface area contributed by atoms with Crippen LogP contribution in [0.1, 0.15) is 35.3 Å². The molecule has 6 heteroatoms. The van der Waals surface area contributed by atoms with Crippen LogP contribution in [0.5, 0.6) is 0 Å². The second-order valence-electron chi connectivity index (χ2n) is 8.15. The van der Waals surface area contributed by atoms with Crippen molar-refractivity contribution in [3.05, 3.63) is 59.2 Å². The normalized spacial score (nSPS) is 15.0. The zero-order valence-corrected chi connectivity index (χ0v) is 18.2. The van der Waals surface area contributed by atoms with E-state index in [0.717, 1.165) is 48.8 Å². The fourth-order valence-electron chi connectivity index (χ4n) is 3.48. The highest BCUT2D eigenvalue weighted by molar-refractivity contribution is 6.01. The molecule has 1 saturated heterocycles. The fourth-order valence-corrected chi connectivity index (χ4v) is 3.48. The molecule has 0 saturated carbocycles. The number of nitrogens with zero attached hydrogens (tertiary/aromatic N) is 1. The first-order valence-electron chi connectivity index (χ1n) is 10.5. The van der Waals surface area contributed by atoms with E-state index in [1.807, 2.05) is 52.0 Å². The predicted molar refractivity (Wildman–Crippen MR) is 120 cm³/mol. The van der Waals surface area contributed by atoms with Crippen LogP contribution in [0.2, 0.25) is 0 Å². The van der Waals surface area contributed by atoms with Gasteiger partial charge in [0.25, 0.3) is 5.91 Å². The molecule has 0 spiro atoms. The Morgan fingerprint density at radius 3 is 2.27 bits per heavy atom. The molecule has 0 radical (unpaired) electrons. The summed E-state index contributed by atoms with van der Waals surface area (Å²) in [6.07, 6.45) is 0. The molecule has 160 valence electrons. The zero-order valence-electron chi connectivity index (χ0n) is 18.2. The quantitative estimate of drug-likeness (QED) is 0.766. The third-order valence-electron chi connectivity index (χ3n) is 5.39. The highest BCUT2D eigenvalue weighted by Crippen LogP contribution is 2.24. The SMILES string of the molecule is Cc1ccc(C(=O)NC(C(=O)Nc2ccc(N3CCOCC3)cc2C)C(C)C)cc1. The summed E-state index contributed by atoms with van der Waals surface area (Å²) in [7, 11) is 0. The van der Waals surface area contributed by atoms with Crippen LogP contribution in [-0.4, -0.2) is 44.2 Å². The molecule has 1 atom stereocenters. The molecule has 2 aromatic carbocycles. The van der Waals surface area contributed by atoms with Gasteiger partial charge in [-0.3, -0.25) is 9.59 Å². The highest BCUT2D eigenvalue weighted by atomic mass is 16.5. The number of carbonyl (C=O) groups excluding carboxylic acids is 2. The summed E-state index contributed by atoms with van der Waals surface area (Å²) in [5.74, 6) is -0.511. The van der Waals surface area contributed by atoms with Crippen LogP contribution in [-0.2, 0) is 9.53 Å². The lowest BCUT2D eigenvalue weighted by atomic mass is 10.0. The van der Waals surface area contributed by atoms with Crippen LogP contribution < -0.4 is 15.5 Å². The van der Waals surface area contributed by atoms with Gasteiger partial charge in [0.2, 0.25) is 5.91 Å². The number of amides is 2. The van der Waals surface area contributed by atoms with Crippen molar-refractivity contribution in [3.63, 3.8) is 0 Å². The van der Waals surface area contributed by atoms with Gasteiger partial charge in [-0.25, -0.2) is 0 Å². The number of anilines is 2. The topological polar surface area (TPSA) is 70.7 Å². The molecule has 3 rings (SSSR count). The van der Waals surface area contributed by atoms with Crippen molar-refractivity contribution in [2.45, 2.75) is 33.7 Å². The Kier molecular flexibility index (Phi) is 7.11. The number of ether oxygens (including phenoxy) is 1. The Morgan fingerprint density at radius 1 is 1.00 bits per heavy atom. The van der Waals surface area contributed by atoms with Crippen LogP contribution >= 0.6 is 0 Å². The van der Waals surface area contributed by atoms with Crippen LogP contribution in [0.15, 0.2) is 42.5 Å². The van der Waals surface area contributed by atoms with Gasteiger partial charge in [0.1, 0.15) is 6.04 Å². The summed E-state index contributed by atoms with van der Waals surface area (Å²) < 4.78 is 5.41. The maximum Gasteiger partial charge on any atom is 0.251 e. The minimum Gasteiger partial charge on any atom is -0.378 e. The van der Waals surface area contributed by atoms with Crippen molar-refractivity contribution in [2.24, 2.45) is 5.92 Å². The molecule has 1 aliphatic heterocycles. The maximum atomic E-state index is 13.0. The molecule has 0 aromatic heterocycles. The van der Waals surface area contributed by atoms with Crippen LogP contribution in [0.25, 0.3) is 0 Å². The molecular weight excluding hydrogens is 378 g/mol. The van der Waals surface area contributed by atoms with Gasteiger partial charge in [0.15, 0.2) is 0 Å². The molecule has 2 aromatic rings. The van der Waals surface area contributed by atoms with E-state index in [1.54, 1.807) is 12.1 Å². The van der Waals surface area contributed by atoms with Gasteiger partial charge in [0, 0.05) is 30.0 Å². The van der Waals surface area contributed by atoms with Crippen molar-refractivity contribution < 1.29 is 14.3 Å². The van der Waals surface area contributed by atoms with E-state index in [4.69, 9.17) is 4.74 Å². The smallest absolute Gasteiger partial charge is 0.251 e. The lowest BCUT2D eigenvalue weighted by molar-refractivity contribution is -0.118. The molecule has 2 N–H and O–H groups in total. The second kappa shape index (κ2) is 9.76. The zero-order chi connectivity index (χ0) is 21.7. The number of carbonyl (C=O) groups is 2. The first kappa shape index (κ1) is 21.8. The molecule has 6 nitrogen and oxygen atoms in total. The summed E-state index contributed by atoms with van der Waals surface area (Å²) in [6.45, 7) is 11.0. The highest BCUT2D eigenvalue weighted by Gasteiger charge is 2.25. The van der Waals surface area contributed by atoms with Crippen molar-refractivity contribution in [1.29, 1.82) is 0 Å². The van der Waals surface area contributed by atoms with E-state index in [0.29, 0.717) is 5.56 Å². The van der Waals surface area contributed by atoms with Crippen molar-refractivity contribution in [2.75, 3.05) is 36.5 Å². The number of rotatable bonds is 6. The monoisotopic (exact) mass is 409 g/mol. The van der Waals surface area contributed by atoms with E-state index in [-0.39, 0.29) is 17.7 Å². The van der Waals surface area contributed by atoms with Gasteiger partial charge in [0.05, 0.1) is 13.2 Å². The lowest BCUT2D eigenvalue weighted by Gasteiger charge is -2.29. The molecule has 1 unspecified atom stereocenters. The van der Waals surface area contributed by atoms with Gasteiger partial charge < -0.3 is 20.3 Å². The van der Waals surface area contributed by atoms with Crippen LogP contribution in [0.3, 0.4) is 0 Å². The van der Waals surface area contributed by atoms with E-state index >= 15 is 0 Å². The molecule has 30 heavy (non-hydrogen) atoms. The fraction of sp³-hybridized carbons (Fsp3) is 0.417. The summed E-state index contributed by atoms with van der Waals surface area (Å²) in [4.78, 5) is 27.8. The number of nitrogens with one attached hydrogen (secondary N) is 2. The van der Waals surface area contributed by atoms with Crippen LogP contribution in [0.4, 0.5) is 11.4 Å². The number of morpholine rings is 1. The number of hydrogen-bond donors (Lipinski definition) is 2. The molecule has 0 bridgehead atoms. The summed E-state index contributed by atoms with van der Waals surface area (Å²) >= 11 is 0. The van der Waals surface area contributed by atoms with Gasteiger partial charge in [-0.05, 0) is 55.7 Å². The van der Waals surface area contributed by atoms with E-state index in [1.165, 1.54) is 0 Å². The maximum absolute atomic E-state index is 13.0. The molecule has 1 fully saturated rings. The standard InChI is InChI=1S/C24H31N3O3/c1-16(2)22(26-23(28)19-7-5-17(3)6-8-19)24(29)25-21-10-9-20(15-18(21)4)27-11-13-30-14-12-27/h5-10,15-16,22H,11-14H2,1-4H3,(H,25,29)(H,26,28). The van der Waals surface area contributed by atoms with Crippen LogP contribution in [0, 0.1) is 19.8 Å². The Labute approximate surface area is 178 Å². The molecule has 1 heterocycles. The molecule has 0 aliphatic carbocycles. The first-order valence-corrected chi connectivity index (χ1v) is 10.5. The number of benzene rings is 2. The van der Waals surface area contributed by atoms with Crippen molar-refractivity contribution in [1.82, 2.24) is 5.32 Å². The third kappa shape index (κ3) is 5.39. The third-order valence-corrected chi connectivity index (χ3v) is 5.39. The second-order valence-corrected chi connectivity index (χ2v) is 8.15. The largest absolute Gasteiger partial charge is 0.378 e. The van der Waals surface area contributed by atoms with Gasteiger partial charge in [-0.1, -0.05) is 31.5 Å². The molecular formula is C24H31N3O3. The Bertz CT molecular complexity index is 887. The van der Waals surface area contributed by atoms with Crippen molar-refractivity contribution in [3.8, 4) is 0 Å². The number of aryl methyl sites for hydroxylation is 2.